The van der Waals surface area contributed by atoms with Crippen molar-refractivity contribution in [3.8, 4) is 0 Å². The number of pyridine rings is 2. The molecule has 4 aliphatic rings. The number of aromatic nitrogens is 2. The van der Waals surface area contributed by atoms with E-state index < -0.39 is 93.7 Å². The Labute approximate surface area is 644 Å². The van der Waals surface area contributed by atoms with Crippen molar-refractivity contribution in [1.29, 1.82) is 0 Å². The van der Waals surface area contributed by atoms with Gasteiger partial charge in [0.25, 0.3) is 17.6 Å². The first-order valence-corrected chi connectivity index (χ1v) is 38.8. The summed E-state index contributed by atoms with van der Waals surface area (Å²) in [5.41, 5.74) is 4.54. The van der Waals surface area contributed by atoms with Crippen LogP contribution >= 0.6 is 53.6 Å². The van der Waals surface area contributed by atoms with E-state index in [0.717, 1.165) is 33.5 Å². The first-order chi connectivity index (χ1) is 52.3. The molecule has 108 heavy (non-hydrogen) atoms. The number of thioether (sulfide) groups is 2. The Morgan fingerprint density at radius 3 is 1.48 bits per heavy atom. The molecule has 0 saturated carbocycles. The van der Waals surface area contributed by atoms with Gasteiger partial charge in [-0.15, -0.1) is 35.1 Å². The largest absolute Gasteiger partial charge is 0.490 e. The Morgan fingerprint density at radius 1 is 0.574 bits per heavy atom. The van der Waals surface area contributed by atoms with E-state index >= 15 is 0 Å². The van der Waals surface area contributed by atoms with Gasteiger partial charge in [0.15, 0.2) is 23.9 Å². The van der Waals surface area contributed by atoms with Gasteiger partial charge in [0.05, 0.1) is 27.3 Å². The average Bonchev–Trinajstić information content (AvgIpc) is 1.42. The molecule has 0 aliphatic carbocycles. The lowest BCUT2D eigenvalue weighted by molar-refractivity contribution is -0.331. The summed E-state index contributed by atoms with van der Waals surface area (Å²) in [6.45, 7) is 16.3. The van der Waals surface area contributed by atoms with Crippen LogP contribution in [0.2, 0.25) is 0 Å². The van der Waals surface area contributed by atoms with Crippen LogP contribution in [0.4, 0.5) is 0 Å². The lowest BCUT2D eigenvalue weighted by Gasteiger charge is -2.51. The molecule has 0 spiro atoms. The SMILES string of the molecule is C=C(Cl)OOC1(C)CSC2C(=O)C(=O)N2[C@H]1C(=O)OC(c1ccccc1)c1ccccc1.C=CCOC(=C)c1ccnc(C=P(c2ccccc2)(c2ccccc2)c2ccccc2)c1.C=CCOC(=O)c1ccnc(/C=C2/C(=O)N3C2S[C@@](C)(COC(=O)CCl)[C@@H]3C(=O)OC(c2ccccc2)c2ccccc2)c1. The monoisotopic (exact) mass is 1540 g/mol. The van der Waals surface area contributed by atoms with E-state index in [1.807, 2.05) is 134 Å². The predicted molar refractivity (Wildman–Crippen MR) is 424 cm³/mol. The lowest BCUT2D eigenvalue weighted by atomic mass is 9.92. The minimum atomic E-state index is -2.12. The van der Waals surface area contributed by atoms with E-state index in [4.69, 9.17) is 61.6 Å². The zero-order chi connectivity index (χ0) is 76.4. The van der Waals surface area contributed by atoms with Gasteiger partial charge in [0, 0.05) is 23.7 Å². The number of Topliss-reactive ketones (excluding diaryl/α,β-unsaturated/α-hetero) is 1. The number of nitrogens with zero attached hydrogens (tertiary/aromatic N) is 4. The Balaban J connectivity index is 0.000000164. The maximum atomic E-state index is 14.1. The highest BCUT2D eigenvalue weighted by Gasteiger charge is 2.65. The van der Waals surface area contributed by atoms with Crippen molar-refractivity contribution in [3.05, 3.63) is 343 Å². The quantitative estimate of drug-likeness (QED) is 0.00421. The fourth-order valence-corrected chi connectivity index (χ4v) is 19.5. The summed E-state index contributed by atoms with van der Waals surface area (Å²) in [7, 11) is 0. The van der Waals surface area contributed by atoms with Crippen molar-refractivity contribution >= 4 is 129 Å². The number of benzene rings is 7. The van der Waals surface area contributed by atoms with Crippen LogP contribution in [0.25, 0.3) is 11.8 Å². The molecule has 0 N–H and O–H groups in total. The Morgan fingerprint density at radius 2 is 1.01 bits per heavy atom. The Hall–Kier alpha value is -10.8. The minimum Gasteiger partial charge on any atom is -0.490 e. The predicted octanol–water partition coefficient (Wildman–Crippen LogP) is 14.0. The second-order valence-corrected chi connectivity index (χ2v) is 31.9. The highest BCUT2D eigenvalue weighted by molar-refractivity contribution is 8.02. The summed E-state index contributed by atoms with van der Waals surface area (Å²) in [5.74, 6) is -1.47. The zero-order valence-electron chi connectivity index (χ0n) is 58.8. The molecule has 9 aromatic rings. The van der Waals surface area contributed by atoms with Crippen molar-refractivity contribution < 1.29 is 67.0 Å². The summed E-state index contributed by atoms with van der Waals surface area (Å²) < 4.78 is 27.2. The number of alkyl halides is 1. The fourth-order valence-electron chi connectivity index (χ4n) is 12.7. The highest BCUT2D eigenvalue weighted by atomic mass is 35.5. The van der Waals surface area contributed by atoms with Crippen LogP contribution in [0.15, 0.2) is 298 Å². The molecule has 550 valence electrons. The number of carbonyl (C=O) groups is 7. The van der Waals surface area contributed by atoms with Crippen LogP contribution in [0.5, 0.6) is 0 Å². The summed E-state index contributed by atoms with van der Waals surface area (Å²) in [6, 6.07) is 74.0. The molecule has 0 bridgehead atoms. The normalized spacial score (nSPS) is 19.2. The third-order valence-corrected chi connectivity index (χ3v) is 25.1. The number of ether oxygens (including phenoxy) is 5. The molecular formula is C85H75Cl2N4O14PS2. The van der Waals surface area contributed by atoms with Gasteiger partial charge >= 0.3 is 23.9 Å². The Kier molecular flexibility index (Phi) is 26.2. The minimum absolute atomic E-state index is 0.0590. The summed E-state index contributed by atoms with van der Waals surface area (Å²) in [5, 5.41) is 2.31. The lowest BCUT2D eigenvalue weighted by Crippen LogP contribution is -2.74. The number of hydrogen-bond donors (Lipinski definition) is 0. The number of amides is 2. The van der Waals surface area contributed by atoms with Gasteiger partial charge in [-0.25, -0.2) is 14.4 Å². The smallest absolute Gasteiger partial charge is 0.338 e. The van der Waals surface area contributed by atoms with Crippen LogP contribution in [0, 0.1) is 0 Å². The van der Waals surface area contributed by atoms with Crippen LogP contribution in [-0.2, 0) is 62.2 Å². The Bertz CT molecular complexity index is 4680. The van der Waals surface area contributed by atoms with Gasteiger partial charge in [-0.3, -0.25) is 34.0 Å². The molecule has 6 atom stereocenters. The summed E-state index contributed by atoms with van der Waals surface area (Å²) in [6.07, 6.45) is 6.57. The van der Waals surface area contributed by atoms with Crippen molar-refractivity contribution in [1.82, 2.24) is 19.8 Å². The van der Waals surface area contributed by atoms with E-state index in [2.05, 4.69) is 134 Å². The highest BCUT2D eigenvalue weighted by Crippen LogP contribution is 2.55. The number of fused-ring (bicyclic) bond motifs is 2. The molecule has 7 aromatic carbocycles. The van der Waals surface area contributed by atoms with Crippen molar-refractivity contribution in [3.63, 3.8) is 0 Å². The first kappa shape index (κ1) is 78.2. The zero-order valence-corrected chi connectivity index (χ0v) is 62.9. The van der Waals surface area contributed by atoms with Crippen molar-refractivity contribution in [2.24, 2.45) is 0 Å². The molecule has 18 nitrogen and oxygen atoms in total. The third-order valence-electron chi connectivity index (χ3n) is 17.8. The van der Waals surface area contributed by atoms with Crippen molar-refractivity contribution in [2.75, 3.05) is 31.5 Å². The van der Waals surface area contributed by atoms with Crippen LogP contribution in [-0.4, -0.2) is 132 Å². The molecule has 0 radical (unpaired) electrons. The number of rotatable bonds is 26. The van der Waals surface area contributed by atoms with E-state index in [0.29, 0.717) is 23.6 Å². The van der Waals surface area contributed by atoms with E-state index in [1.54, 1.807) is 26.0 Å². The number of hydrogen-bond acceptors (Lipinski definition) is 18. The van der Waals surface area contributed by atoms with E-state index in [-0.39, 0.29) is 35.6 Å². The maximum absolute atomic E-state index is 14.1. The fraction of sp³-hybridized carbons (Fsp3) is 0.176. The summed E-state index contributed by atoms with van der Waals surface area (Å²) >= 11 is 13.8. The third kappa shape index (κ3) is 17.9. The van der Waals surface area contributed by atoms with Gasteiger partial charge < -0.3 is 33.5 Å². The maximum Gasteiger partial charge on any atom is 0.338 e. The molecule has 4 aliphatic heterocycles. The van der Waals surface area contributed by atoms with Gasteiger partial charge in [-0.2, -0.15) is 4.89 Å². The van der Waals surface area contributed by atoms with Crippen molar-refractivity contribution in [2.45, 2.75) is 59.2 Å². The molecule has 23 heteroatoms. The van der Waals surface area contributed by atoms with Gasteiger partial charge in [0.2, 0.25) is 5.22 Å². The molecule has 6 heterocycles. The molecule has 4 fully saturated rings. The van der Waals surface area contributed by atoms with E-state index in [1.165, 1.54) is 73.6 Å². The average molecular weight is 1540 g/mol. The molecule has 4 saturated heterocycles. The molecular weight excluding hydrogens is 1470 g/mol. The van der Waals surface area contributed by atoms with Crippen LogP contribution < -0.4 is 15.9 Å². The number of halogens is 2. The van der Waals surface area contributed by atoms with Gasteiger partial charge in [0.1, 0.15) is 48.2 Å². The number of β-lactam (4-membered cyclic amide) rings is 2. The van der Waals surface area contributed by atoms with Crippen LogP contribution in [0.3, 0.4) is 0 Å². The molecule has 13 rings (SSSR count). The number of esters is 4. The number of carbonyl (C=O) groups excluding carboxylic acids is 7. The second kappa shape index (κ2) is 36.2. The second-order valence-electron chi connectivity index (χ2n) is 25.3. The van der Waals surface area contributed by atoms with Gasteiger partial charge in [-0.1, -0.05) is 244 Å². The standard InChI is InChI=1S/C33H29ClN2O7S.C29H26NOP.C23H20ClNO6S/c1-3-16-41-31(39)23-14-15-35-24(17-23)18-25-29(38)36-28(33(2,44-30(25)36)20-42-26(37)19-34)32(40)43-27(21-10-6-4-7-11-21)22-12-8-5-9-13-22;1-3-21-31-24(2)25-19-20-30-26(22-25)23-32(27-13-7-4-8-14-27,28-15-9-5-10-16-28)29-17-11-6-12-18-29;1-14(24)30-31-23(2)13-32-21-17(26)20(27)25(21)19(23)22(28)29-18(15-9-5-3-6-10-15)16-11-7-4-8-12-16/h3-15,17-18,27-28,30H,1,16,19-20H2,2H3;3-20,22-23H,1-2,21H2;3-12,18-19,21H,1,13H2,2H3/b25-18-;;/t28-,30?,33-;;19-,21?,23?/m0.0/s1. The van der Waals surface area contributed by atoms with Gasteiger partial charge in [-0.05, 0) is 113 Å². The van der Waals surface area contributed by atoms with E-state index in [9.17, 15) is 33.6 Å². The first-order valence-electron chi connectivity index (χ1n) is 34.1. The van der Waals surface area contributed by atoms with Crippen LogP contribution in [0.1, 0.15) is 75.6 Å². The molecule has 3 unspecified atom stereocenters. The topological polar surface area (TPSA) is 216 Å². The molecule has 2 amide bonds. The number of ketones is 1. The summed E-state index contributed by atoms with van der Waals surface area (Å²) in [4.78, 5) is 112. The molecule has 2 aromatic heterocycles.